The van der Waals surface area contributed by atoms with Gasteiger partial charge in [0.15, 0.2) is 10.8 Å². The van der Waals surface area contributed by atoms with Gasteiger partial charge >= 0.3 is 12.2 Å². The molecular weight excluding hydrogens is 524 g/mol. The third kappa shape index (κ3) is 6.01. The minimum atomic E-state index is -4.97. The average molecular weight is 549 g/mol. The number of urea groups is 1. The van der Waals surface area contributed by atoms with Crippen molar-refractivity contribution in [1.29, 1.82) is 0 Å². The molecule has 4 rings (SSSR count). The number of benzene rings is 2. The largest absolute Gasteiger partial charge is 0.435 e. The van der Waals surface area contributed by atoms with Crippen LogP contribution in [0.2, 0.25) is 0 Å². The number of carbonyl (C=O) groups excluding carboxylic acids is 3. The molecule has 1 aliphatic heterocycles. The van der Waals surface area contributed by atoms with Crippen molar-refractivity contribution in [3.8, 4) is 0 Å². The highest BCUT2D eigenvalue weighted by Crippen LogP contribution is 2.37. The Balaban J connectivity index is 1.45. The van der Waals surface area contributed by atoms with E-state index in [4.69, 9.17) is 0 Å². The first-order valence-electron chi connectivity index (χ1n) is 11.7. The summed E-state index contributed by atoms with van der Waals surface area (Å²) in [6.45, 7) is 3.77. The molecule has 3 amide bonds. The Kier molecular flexibility index (Phi) is 7.54. The molecule has 2 heterocycles. The van der Waals surface area contributed by atoms with Crippen LogP contribution in [-0.2, 0) is 11.0 Å². The SMILES string of the molecule is CC(C)(NC(=O)N1CC[C@H](c2ccccc2)C1)C(=O)Nc1nc(C(F)(F)F)c(C(=O)c2ccc(F)cc2)s1. The highest BCUT2D eigenvalue weighted by molar-refractivity contribution is 7.18. The normalized spacial score (nSPS) is 15.8. The zero-order valence-electron chi connectivity index (χ0n) is 20.4. The van der Waals surface area contributed by atoms with Crippen LogP contribution in [-0.4, -0.2) is 46.2 Å². The number of hydrogen-bond acceptors (Lipinski definition) is 5. The van der Waals surface area contributed by atoms with Crippen molar-refractivity contribution >= 4 is 34.2 Å². The monoisotopic (exact) mass is 548 g/mol. The van der Waals surface area contributed by atoms with Crippen molar-refractivity contribution in [3.63, 3.8) is 0 Å². The van der Waals surface area contributed by atoms with Gasteiger partial charge in [0.25, 0.3) is 5.91 Å². The minimum absolute atomic E-state index is 0.159. The second-order valence-corrected chi connectivity index (χ2v) is 10.4. The second kappa shape index (κ2) is 10.5. The van der Waals surface area contributed by atoms with Crippen molar-refractivity contribution in [2.75, 3.05) is 18.4 Å². The Morgan fingerprint density at radius 1 is 1.03 bits per heavy atom. The first-order valence-corrected chi connectivity index (χ1v) is 12.5. The van der Waals surface area contributed by atoms with Crippen molar-refractivity contribution in [2.24, 2.45) is 0 Å². The van der Waals surface area contributed by atoms with Crippen LogP contribution in [0.15, 0.2) is 54.6 Å². The molecule has 2 N–H and O–H groups in total. The Morgan fingerprint density at radius 2 is 1.68 bits per heavy atom. The van der Waals surface area contributed by atoms with Gasteiger partial charge in [-0.3, -0.25) is 14.9 Å². The smallest absolute Gasteiger partial charge is 0.324 e. The number of alkyl halides is 3. The van der Waals surface area contributed by atoms with Gasteiger partial charge in [-0.15, -0.1) is 0 Å². The lowest BCUT2D eigenvalue weighted by Crippen LogP contribution is -2.55. The van der Waals surface area contributed by atoms with Crippen LogP contribution in [0.3, 0.4) is 0 Å². The highest BCUT2D eigenvalue weighted by Gasteiger charge is 2.41. The molecule has 1 aromatic heterocycles. The molecule has 7 nitrogen and oxygen atoms in total. The Hall–Kier alpha value is -3.80. The standard InChI is InChI=1S/C26H24F4N4O3S/c1-25(2,33-24(37)34-13-12-17(14-34)15-6-4-3-5-7-15)22(36)32-23-31-21(26(28,29)30)20(38-23)19(35)16-8-10-18(27)11-9-16/h3-11,17H,12-14H2,1-2H3,(H,33,37)(H,31,32,36)/t17-/m0/s1. The maximum atomic E-state index is 13.6. The lowest BCUT2D eigenvalue weighted by molar-refractivity contribution is -0.141. The first-order chi connectivity index (χ1) is 17.8. The van der Waals surface area contributed by atoms with E-state index >= 15 is 0 Å². The zero-order valence-corrected chi connectivity index (χ0v) is 21.3. The average Bonchev–Trinajstić information content (AvgIpc) is 3.52. The fraction of sp³-hybridized carbons (Fsp3) is 0.308. The number of carbonyl (C=O) groups is 3. The number of halogens is 4. The Labute approximate surface area is 219 Å². The van der Waals surface area contributed by atoms with E-state index in [1.54, 1.807) is 4.90 Å². The van der Waals surface area contributed by atoms with E-state index in [1.165, 1.54) is 13.8 Å². The van der Waals surface area contributed by atoms with Crippen LogP contribution in [0, 0.1) is 5.82 Å². The second-order valence-electron chi connectivity index (χ2n) is 9.38. The minimum Gasteiger partial charge on any atom is -0.324 e. The molecule has 0 bridgehead atoms. The maximum Gasteiger partial charge on any atom is 0.435 e. The number of nitrogens with one attached hydrogen (secondary N) is 2. The van der Waals surface area contributed by atoms with Crippen LogP contribution in [0.4, 0.5) is 27.5 Å². The van der Waals surface area contributed by atoms with Crippen LogP contribution in [0.1, 0.15) is 52.7 Å². The molecule has 2 aromatic carbocycles. The summed E-state index contributed by atoms with van der Waals surface area (Å²) in [6.07, 6.45) is -4.21. The van der Waals surface area contributed by atoms with Crippen molar-refractivity contribution in [1.82, 2.24) is 15.2 Å². The number of rotatable bonds is 6. The number of nitrogens with zero attached hydrogens (tertiary/aromatic N) is 2. The molecule has 0 spiro atoms. The summed E-state index contributed by atoms with van der Waals surface area (Å²) < 4.78 is 54.1. The molecule has 38 heavy (non-hydrogen) atoms. The molecule has 3 aromatic rings. The molecule has 0 aliphatic carbocycles. The number of aromatic nitrogens is 1. The number of thiazole rings is 1. The molecular formula is C26H24F4N4O3S. The predicted molar refractivity (Wildman–Crippen MR) is 134 cm³/mol. The fourth-order valence-electron chi connectivity index (χ4n) is 4.05. The van der Waals surface area contributed by atoms with Gasteiger partial charge in [-0.2, -0.15) is 13.2 Å². The molecule has 12 heteroatoms. The molecule has 1 atom stereocenters. The molecule has 0 radical (unpaired) electrons. The van der Waals surface area contributed by atoms with Crippen LogP contribution in [0.25, 0.3) is 0 Å². The summed E-state index contributed by atoms with van der Waals surface area (Å²) in [7, 11) is 0. The molecule has 200 valence electrons. The van der Waals surface area contributed by atoms with Crippen LogP contribution in [0.5, 0.6) is 0 Å². The molecule has 1 saturated heterocycles. The summed E-state index contributed by atoms with van der Waals surface area (Å²) in [5.74, 6) is -2.31. The summed E-state index contributed by atoms with van der Waals surface area (Å²) in [6, 6.07) is 13.3. The third-order valence-electron chi connectivity index (χ3n) is 6.16. The van der Waals surface area contributed by atoms with Crippen molar-refractivity contribution in [3.05, 3.63) is 82.1 Å². The number of ketones is 1. The van der Waals surface area contributed by atoms with E-state index in [-0.39, 0.29) is 11.5 Å². The Bertz CT molecular complexity index is 1340. The lowest BCUT2D eigenvalue weighted by atomic mass is 9.99. The van der Waals surface area contributed by atoms with E-state index < -0.39 is 51.0 Å². The molecule has 0 saturated carbocycles. The molecule has 1 aliphatic rings. The summed E-state index contributed by atoms with van der Waals surface area (Å²) in [5, 5.41) is 4.45. The number of likely N-dealkylation sites (tertiary alicyclic amines) is 1. The van der Waals surface area contributed by atoms with E-state index in [2.05, 4.69) is 15.6 Å². The Morgan fingerprint density at radius 3 is 2.32 bits per heavy atom. The quantitative estimate of drug-likeness (QED) is 0.317. The van der Waals surface area contributed by atoms with Gasteiger partial charge < -0.3 is 10.2 Å². The van der Waals surface area contributed by atoms with Gasteiger partial charge in [0.1, 0.15) is 16.2 Å². The number of amides is 3. The van der Waals surface area contributed by atoms with Crippen molar-refractivity contribution < 1.29 is 31.9 Å². The van der Waals surface area contributed by atoms with E-state index in [9.17, 15) is 31.9 Å². The van der Waals surface area contributed by atoms with Gasteiger partial charge in [0.05, 0.1) is 0 Å². The van der Waals surface area contributed by atoms with Crippen molar-refractivity contribution in [2.45, 2.75) is 37.9 Å². The van der Waals surface area contributed by atoms with Gasteiger partial charge in [0, 0.05) is 24.6 Å². The first kappa shape index (κ1) is 27.2. The van der Waals surface area contributed by atoms with Gasteiger partial charge in [-0.1, -0.05) is 41.7 Å². The highest BCUT2D eigenvalue weighted by atomic mass is 32.1. The predicted octanol–water partition coefficient (Wildman–Crippen LogP) is 5.45. The third-order valence-corrected chi connectivity index (χ3v) is 7.13. The number of anilines is 1. The summed E-state index contributed by atoms with van der Waals surface area (Å²) in [5.41, 5.74) is -2.02. The fourth-order valence-corrected chi connectivity index (χ4v) is 4.99. The van der Waals surface area contributed by atoms with Crippen LogP contribution >= 0.6 is 11.3 Å². The van der Waals surface area contributed by atoms with E-state index in [0.29, 0.717) is 24.4 Å². The number of hydrogen-bond donors (Lipinski definition) is 2. The van der Waals surface area contributed by atoms with Gasteiger partial charge in [0.2, 0.25) is 5.78 Å². The van der Waals surface area contributed by atoms with E-state index in [1.807, 2.05) is 30.3 Å². The summed E-state index contributed by atoms with van der Waals surface area (Å²) >= 11 is 0.351. The summed E-state index contributed by atoms with van der Waals surface area (Å²) in [4.78, 5) is 42.8. The van der Waals surface area contributed by atoms with Gasteiger partial charge in [-0.25, -0.2) is 14.2 Å². The lowest BCUT2D eigenvalue weighted by Gasteiger charge is -2.28. The van der Waals surface area contributed by atoms with Crippen LogP contribution < -0.4 is 10.6 Å². The molecule has 0 unspecified atom stereocenters. The topological polar surface area (TPSA) is 91.4 Å². The zero-order chi connectivity index (χ0) is 27.7. The van der Waals surface area contributed by atoms with Gasteiger partial charge in [-0.05, 0) is 50.1 Å². The van der Waals surface area contributed by atoms with E-state index in [0.717, 1.165) is 36.2 Å². The molecule has 1 fully saturated rings. The maximum absolute atomic E-state index is 13.6.